The molecule has 1 unspecified atom stereocenters. The summed E-state index contributed by atoms with van der Waals surface area (Å²) >= 11 is 0. The summed E-state index contributed by atoms with van der Waals surface area (Å²) in [7, 11) is 0. The monoisotopic (exact) mass is 424 g/mol. The molecule has 1 fully saturated rings. The lowest BCUT2D eigenvalue weighted by Gasteiger charge is -2.33. The summed E-state index contributed by atoms with van der Waals surface area (Å²) in [6, 6.07) is 18.5. The predicted octanol–water partition coefficient (Wildman–Crippen LogP) is 4.88. The summed E-state index contributed by atoms with van der Waals surface area (Å²) in [6.45, 7) is 4.27. The van der Waals surface area contributed by atoms with Crippen molar-refractivity contribution < 1.29 is 4.79 Å². The highest BCUT2D eigenvalue weighted by molar-refractivity contribution is 5.95. The van der Waals surface area contributed by atoms with Gasteiger partial charge in [0.05, 0.1) is 5.52 Å². The minimum atomic E-state index is 0.141. The molecule has 2 aromatic carbocycles. The third kappa shape index (κ3) is 4.15. The van der Waals surface area contributed by atoms with E-state index in [1.54, 1.807) is 6.20 Å². The second kappa shape index (κ2) is 8.95. The third-order valence-electron chi connectivity index (χ3n) is 6.56. The number of benzene rings is 2. The van der Waals surface area contributed by atoms with Crippen LogP contribution in [0, 0.1) is 12.8 Å². The Hall–Kier alpha value is -3.47. The first-order valence-corrected chi connectivity index (χ1v) is 11.4. The van der Waals surface area contributed by atoms with E-state index >= 15 is 0 Å². The van der Waals surface area contributed by atoms with Crippen molar-refractivity contribution in [3.63, 3.8) is 0 Å². The lowest BCUT2D eigenvalue weighted by molar-refractivity contribution is 0.0672. The van der Waals surface area contributed by atoms with Gasteiger partial charge in [0, 0.05) is 49.2 Å². The van der Waals surface area contributed by atoms with E-state index in [9.17, 15) is 4.79 Å². The normalized spacial score (nSPS) is 16.4. The molecule has 1 aliphatic heterocycles. The van der Waals surface area contributed by atoms with Gasteiger partial charge in [0.25, 0.3) is 5.91 Å². The highest BCUT2D eigenvalue weighted by Crippen LogP contribution is 2.26. The maximum absolute atomic E-state index is 13.5. The van der Waals surface area contributed by atoms with Gasteiger partial charge in [0.15, 0.2) is 0 Å². The van der Waals surface area contributed by atoms with Crippen molar-refractivity contribution in [2.24, 2.45) is 5.92 Å². The van der Waals surface area contributed by atoms with Gasteiger partial charge in [0.2, 0.25) is 0 Å². The zero-order chi connectivity index (χ0) is 21.9. The van der Waals surface area contributed by atoms with Crippen LogP contribution in [0.4, 0.5) is 0 Å². The molecule has 1 saturated heterocycles. The largest absolute Gasteiger partial charge is 0.338 e. The van der Waals surface area contributed by atoms with Crippen LogP contribution in [0.1, 0.15) is 40.2 Å². The Labute approximate surface area is 188 Å². The first-order valence-electron chi connectivity index (χ1n) is 11.4. The zero-order valence-electron chi connectivity index (χ0n) is 18.4. The number of hydrogen-bond acceptors (Lipinski definition) is 3. The number of rotatable bonds is 5. The molecule has 0 N–H and O–H groups in total. The Morgan fingerprint density at radius 2 is 1.88 bits per heavy atom. The topological polar surface area (TPSA) is 51.0 Å². The fourth-order valence-electron chi connectivity index (χ4n) is 4.86. The number of aromatic nitrogens is 3. The van der Waals surface area contributed by atoms with Crippen LogP contribution in [0.25, 0.3) is 10.9 Å². The van der Waals surface area contributed by atoms with Crippen LogP contribution in [0.15, 0.2) is 73.2 Å². The number of nitrogens with zero attached hydrogens (tertiary/aromatic N) is 4. The molecule has 0 spiro atoms. The van der Waals surface area contributed by atoms with Gasteiger partial charge in [-0.25, -0.2) is 4.98 Å². The summed E-state index contributed by atoms with van der Waals surface area (Å²) in [5.74, 6) is 1.55. The van der Waals surface area contributed by atoms with Crippen molar-refractivity contribution in [2.45, 2.75) is 32.7 Å². The highest BCUT2D eigenvalue weighted by Gasteiger charge is 2.26. The number of carbonyl (C=O) groups excluding carboxylic acids is 1. The van der Waals surface area contributed by atoms with Crippen LogP contribution in [-0.4, -0.2) is 38.4 Å². The van der Waals surface area contributed by atoms with Crippen molar-refractivity contribution in [1.82, 2.24) is 19.4 Å². The summed E-state index contributed by atoms with van der Waals surface area (Å²) < 4.78 is 2.08. The Morgan fingerprint density at radius 3 is 2.75 bits per heavy atom. The molecule has 3 heterocycles. The van der Waals surface area contributed by atoms with E-state index in [0.29, 0.717) is 12.5 Å². The molecule has 2 aromatic heterocycles. The van der Waals surface area contributed by atoms with Crippen LogP contribution in [-0.2, 0) is 13.0 Å². The van der Waals surface area contributed by atoms with E-state index in [0.717, 1.165) is 54.8 Å². The molecular weight excluding hydrogens is 396 g/mol. The molecule has 0 aliphatic carbocycles. The Bertz CT molecular complexity index is 1240. The van der Waals surface area contributed by atoms with Gasteiger partial charge in [-0.15, -0.1) is 0 Å². The Morgan fingerprint density at radius 1 is 1.00 bits per heavy atom. The van der Waals surface area contributed by atoms with E-state index in [1.165, 1.54) is 10.9 Å². The van der Waals surface area contributed by atoms with Gasteiger partial charge < -0.3 is 9.47 Å². The van der Waals surface area contributed by atoms with Gasteiger partial charge >= 0.3 is 0 Å². The van der Waals surface area contributed by atoms with Gasteiger partial charge in [0.1, 0.15) is 5.82 Å². The predicted molar refractivity (Wildman–Crippen MR) is 127 cm³/mol. The number of fused-ring (bicyclic) bond motifs is 1. The number of carbonyl (C=O) groups is 1. The average Bonchev–Trinajstić information content (AvgIpc) is 3.24. The van der Waals surface area contributed by atoms with E-state index in [-0.39, 0.29) is 5.91 Å². The maximum atomic E-state index is 13.5. The van der Waals surface area contributed by atoms with Gasteiger partial charge in [-0.05, 0) is 61.4 Å². The van der Waals surface area contributed by atoms with Gasteiger partial charge in [-0.1, -0.05) is 36.4 Å². The first kappa shape index (κ1) is 20.4. The van der Waals surface area contributed by atoms with Crippen molar-refractivity contribution in [3.05, 3.63) is 95.7 Å². The summed E-state index contributed by atoms with van der Waals surface area (Å²) in [5.41, 5.74) is 4.21. The van der Waals surface area contributed by atoms with Crippen LogP contribution >= 0.6 is 0 Å². The molecule has 5 rings (SSSR count). The molecule has 32 heavy (non-hydrogen) atoms. The van der Waals surface area contributed by atoms with E-state index in [2.05, 4.69) is 49.8 Å². The van der Waals surface area contributed by atoms with Crippen LogP contribution < -0.4 is 0 Å². The lowest BCUT2D eigenvalue weighted by Crippen LogP contribution is -2.41. The number of amides is 1. The van der Waals surface area contributed by atoms with E-state index < -0.39 is 0 Å². The highest BCUT2D eigenvalue weighted by atomic mass is 16.2. The molecule has 5 nitrogen and oxygen atoms in total. The van der Waals surface area contributed by atoms with Crippen molar-refractivity contribution in [2.75, 3.05) is 13.1 Å². The molecule has 1 amide bonds. The van der Waals surface area contributed by atoms with Crippen molar-refractivity contribution in [3.8, 4) is 0 Å². The quantitative estimate of drug-likeness (QED) is 0.459. The van der Waals surface area contributed by atoms with E-state index in [4.69, 9.17) is 0 Å². The number of likely N-dealkylation sites (tertiary alicyclic amines) is 1. The fraction of sp³-hybridized carbons (Fsp3) is 0.296. The molecular formula is C27H28N4O. The average molecular weight is 425 g/mol. The Balaban J connectivity index is 1.34. The number of piperidine rings is 1. The molecule has 0 radical (unpaired) electrons. The standard InChI is InChI=1S/C27H28N4O/c1-20-28-14-16-30(20)19-23-8-2-3-10-25(23)27(32)31-15-6-7-21(18-31)17-22-9-4-12-26-24(22)11-5-13-29-26/h2-5,8-14,16,21H,6-7,15,17-19H2,1H3. The van der Waals surface area contributed by atoms with Crippen molar-refractivity contribution >= 4 is 16.8 Å². The summed E-state index contributed by atoms with van der Waals surface area (Å²) in [4.78, 5) is 24.4. The van der Waals surface area contributed by atoms with Gasteiger partial charge in [-0.3, -0.25) is 9.78 Å². The second-order valence-corrected chi connectivity index (χ2v) is 8.71. The molecule has 4 aromatic rings. The number of hydrogen-bond donors (Lipinski definition) is 0. The first-order chi connectivity index (χ1) is 15.7. The fourth-order valence-corrected chi connectivity index (χ4v) is 4.86. The number of pyridine rings is 1. The van der Waals surface area contributed by atoms with Crippen LogP contribution in [0.3, 0.4) is 0 Å². The minimum Gasteiger partial charge on any atom is -0.338 e. The minimum absolute atomic E-state index is 0.141. The SMILES string of the molecule is Cc1nccn1Cc1ccccc1C(=O)N1CCCC(Cc2cccc3ncccc23)C1. The van der Waals surface area contributed by atoms with Crippen LogP contribution in [0.5, 0.6) is 0 Å². The third-order valence-corrected chi connectivity index (χ3v) is 6.56. The second-order valence-electron chi connectivity index (χ2n) is 8.71. The molecule has 162 valence electrons. The zero-order valence-corrected chi connectivity index (χ0v) is 18.4. The van der Waals surface area contributed by atoms with Gasteiger partial charge in [-0.2, -0.15) is 0 Å². The summed E-state index contributed by atoms with van der Waals surface area (Å²) in [6.07, 6.45) is 8.78. The molecule has 5 heteroatoms. The number of aryl methyl sites for hydroxylation is 1. The van der Waals surface area contributed by atoms with Crippen LogP contribution in [0.2, 0.25) is 0 Å². The maximum Gasteiger partial charge on any atom is 0.254 e. The molecule has 0 saturated carbocycles. The van der Waals surface area contributed by atoms with E-state index in [1.807, 2.05) is 43.6 Å². The molecule has 0 bridgehead atoms. The summed E-state index contributed by atoms with van der Waals surface area (Å²) in [5, 5.41) is 1.22. The van der Waals surface area contributed by atoms with Crippen molar-refractivity contribution in [1.29, 1.82) is 0 Å². The lowest BCUT2D eigenvalue weighted by atomic mass is 9.89. The number of imidazole rings is 1. The Kier molecular flexibility index (Phi) is 5.71. The molecule has 1 atom stereocenters. The molecule has 1 aliphatic rings. The smallest absolute Gasteiger partial charge is 0.254 e.